The zero-order chi connectivity index (χ0) is 12.1. The predicted molar refractivity (Wildman–Crippen MR) is 67.0 cm³/mol. The molecule has 0 aliphatic carbocycles. The standard InChI is InChI=1S/C13H18N2O2/c14-13(16)10-3-5-11(6-4-10)15-8-7-12-2-1-9-17-12/h3-6,12,15H,1-2,7-9H2,(H2,14,16). The average molecular weight is 234 g/mol. The van der Waals surface area contributed by atoms with E-state index in [0.29, 0.717) is 11.7 Å². The van der Waals surface area contributed by atoms with E-state index < -0.39 is 5.91 Å². The van der Waals surface area contributed by atoms with Gasteiger partial charge in [0.15, 0.2) is 0 Å². The first kappa shape index (κ1) is 11.9. The van der Waals surface area contributed by atoms with Crippen LogP contribution in [0.4, 0.5) is 5.69 Å². The highest BCUT2D eigenvalue weighted by molar-refractivity contribution is 5.93. The summed E-state index contributed by atoms with van der Waals surface area (Å²) in [6.07, 6.45) is 3.78. The molecule has 0 saturated carbocycles. The number of primary amides is 1. The van der Waals surface area contributed by atoms with Crippen LogP contribution in [0.1, 0.15) is 29.6 Å². The normalized spacial score (nSPS) is 19.2. The molecule has 1 fully saturated rings. The highest BCUT2D eigenvalue weighted by Gasteiger charge is 2.14. The van der Waals surface area contributed by atoms with Crippen LogP contribution in [0.15, 0.2) is 24.3 Å². The molecular weight excluding hydrogens is 216 g/mol. The Labute approximate surface area is 101 Å². The molecule has 3 N–H and O–H groups in total. The van der Waals surface area contributed by atoms with Crippen molar-refractivity contribution in [2.75, 3.05) is 18.5 Å². The van der Waals surface area contributed by atoms with E-state index in [4.69, 9.17) is 10.5 Å². The molecule has 2 rings (SSSR count). The average Bonchev–Trinajstić information content (AvgIpc) is 2.83. The highest BCUT2D eigenvalue weighted by atomic mass is 16.5. The van der Waals surface area contributed by atoms with E-state index in [1.165, 1.54) is 12.8 Å². The quantitative estimate of drug-likeness (QED) is 0.816. The topological polar surface area (TPSA) is 64.4 Å². The third-order valence-electron chi connectivity index (χ3n) is 2.99. The first-order chi connectivity index (χ1) is 8.25. The summed E-state index contributed by atoms with van der Waals surface area (Å²) >= 11 is 0. The molecule has 1 aromatic carbocycles. The minimum atomic E-state index is -0.393. The third kappa shape index (κ3) is 3.46. The van der Waals surface area contributed by atoms with Crippen molar-refractivity contribution in [3.63, 3.8) is 0 Å². The van der Waals surface area contributed by atoms with Crippen molar-refractivity contribution in [2.24, 2.45) is 5.73 Å². The van der Waals surface area contributed by atoms with Gasteiger partial charge in [-0.3, -0.25) is 4.79 Å². The lowest BCUT2D eigenvalue weighted by atomic mass is 10.1. The Morgan fingerprint density at radius 3 is 2.76 bits per heavy atom. The second kappa shape index (κ2) is 5.68. The van der Waals surface area contributed by atoms with Gasteiger partial charge in [-0.05, 0) is 43.5 Å². The van der Waals surface area contributed by atoms with Gasteiger partial charge in [-0.25, -0.2) is 0 Å². The third-order valence-corrected chi connectivity index (χ3v) is 2.99. The van der Waals surface area contributed by atoms with Crippen molar-refractivity contribution in [1.82, 2.24) is 0 Å². The second-order valence-electron chi connectivity index (χ2n) is 4.29. The molecule has 1 amide bonds. The maximum atomic E-state index is 10.9. The monoisotopic (exact) mass is 234 g/mol. The Morgan fingerprint density at radius 1 is 1.41 bits per heavy atom. The maximum Gasteiger partial charge on any atom is 0.248 e. The zero-order valence-corrected chi connectivity index (χ0v) is 9.82. The molecule has 0 aromatic heterocycles. The van der Waals surface area contributed by atoms with Gasteiger partial charge in [0.2, 0.25) is 5.91 Å². The largest absolute Gasteiger partial charge is 0.385 e. The van der Waals surface area contributed by atoms with Crippen molar-refractivity contribution in [3.8, 4) is 0 Å². The highest BCUT2D eigenvalue weighted by Crippen LogP contribution is 2.16. The maximum absolute atomic E-state index is 10.9. The summed E-state index contributed by atoms with van der Waals surface area (Å²) in [6.45, 7) is 1.79. The van der Waals surface area contributed by atoms with E-state index in [1.807, 2.05) is 12.1 Å². The van der Waals surface area contributed by atoms with Crippen LogP contribution >= 0.6 is 0 Å². The Morgan fingerprint density at radius 2 is 2.18 bits per heavy atom. The number of anilines is 1. The van der Waals surface area contributed by atoms with Crippen molar-refractivity contribution < 1.29 is 9.53 Å². The summed E-state index contributed by atoms with van der Waals surface area (Å²) in [4.78, 5) is 10.9. The SMILES string of the molecule is NC(=O)c1ccc(NCCC2CCCO2)cc1. The molecule has 1 aromatic rings. The van der Waals surface area contributed by atoms with Crippen molar-refractivity contribution >= 4 is 11.6 Å². The molecule has 0 spiro atoms. The Balaban J connectivity index is 1.76. The van der Waals surface area contributed by atoms with Gasteiger partial charge in [-0.2, -0.15) is 0 Å². The van der Waals surface area contributed by atoms with Gasteiger partial charge in [0.1, 0.15) is 0 Å². The van der Waals surface area contributed by atoms with Gasteiger partial charge in [0.25, 0.3) is 0 Å². The lowest BCUT2D eigenvalue weighted by molar-refractivity contribution is 0.1000. The van der Waals surface area contributed by atoms with Gasteiger partial charge in [-0.15, -0.1) is 0 Å². The number of benzene rings is 1. The number of ether oxygens (including phenoxy) is 1. The van der Waals surface area contributed by atoms with Gasteiger partial charge < -0.3 is 15.8 Å². The lowest BCUT2D eigenvalue weighted by Gasteiger charge is -2.11. The van der Waals surface area contributed by atoms with E-state index in [2.05, 4.69) is 5.32 Å². The summed E-state index contributed by atoms with van der Waals surface area (Å²) in [6, 6.07) is 7.21. The lowest BCUT2D eigenvalue weighted by Crippen LogP contribution is -2.13. The second-order valence-corrected chi connectivity index (χ2v) is 4.29. The van der Waals surface area contributed by atoms with Crippen molar-refractivity contribution in [3.05, 3.63) is 29.8 Å². The Hall–Kier alpha value is -1.55. The molecule has 1 aliphatic rings. The molecule has 4 heteroatoms. The fourth-order valence-electron chi connectivity index (χ4n) is 2.00. The van der Waals surface area contributed by atoms with Crippen LogP contribution in [0.5, 0.6) is 0 Å². The molecule has 1 heterocycles. The number of hydrogen-bond donors (Lipinski definition) is 2. The summed E-state index contributed by atoms with van der Waals surface area (Å²) in [7, 11) is 0. The van der Waals surface area contributed by atoms with Gasteiger partial charge in [0, 0.05) is 24.4 Å². The molecule has 92 valence electrons. The summed E-state index contributed by atoms with van der Waals surface area (Å²) in [5.41, 5.74) is 6.71. The molecule has 0 bridgehead atoms. The number of rotatable bonds is 5. The van der Waals surface area contributed by atoms with Crippen LogP contribution in [0, 0.1) is 0 Å². The molecule has 17 heavy (non-hydrogen) atoms. The number of nitrogens with one attached hydrogen (secondary N) is 1. The first-order valence-electron chi connectivity index (χ1n) is 6.01. The Kier molecular flexibility index (Phi) is 3.98. The van der Waals surface area contributed by atoms with Crippen LogP contribution in [0.3, 0.4) is 0 Å². The molecule has 1 atom stereocenters. The fourth-order valence-corrected chi connectivity index (χ4v) is 2.00. The number of nitrogens with two attached hydrogens (primary N) is 1. The molecule has 1 unspecified atom stereocenters. The molecule has 4 nitrogen and oxygen atoms in total. The van der Waals surface area contributed by atoms with Crippen LogP contribution in [0.2, 0.25) is 0 Å². The molecule has 1 aliphatic heterocycles. The molecular formula is C13H18N2O2. The van der Waals surface area contributed by atoms with Crippen LogP contribution in [-0.2, 0) is 4.74 Å². The number of carbonyl (C=O) groups excluding carboxylic acids is 1. The van der Waals surface area contributed by atoms with E-state index in [9.17, 15) is 4.79 Å². The van der Waals surface area contributed by atoms with Gasteiger partial charge in [-0.1, -0.05) is 0 Å². The fraction of sp³-hybridized carbons (Fsp3) is 0.462. The molecule has 0 radical (unpaired) electrons. The summed E-state index contributed by atoms with van der Waals surface area (Å²) in [5, 5.41) is 3.31. The van der Waals surface area contributed by atoms with Crippen molar-refractivity contribution in [2.45, 2.75) is 25.4 Å². The van der Waals surface area contributed by atoms with Crippen LogP contribution < -0.4 is 11.1 Å². The minimum Gasteiger partial charge on any atom is -0.385 e. The summed E-state index contributed by atoms with van der Waals surface area (Å²) < 4.78 is 5.54. The van der Waals surface area contributed by atoms with E-state index in [1.54, 1.807) is 12.1 Å². The predicted octanol–water partition coefficient (Wildman–Crippen LogP) is 1.77. The van der Waals surface area contributed by atoms with E-state index >= 15 is 0 Å². The zero-order valence-electron chi connectivity index (χ0n) is 9.82. The first-order valence-corrected chi connectivity index (χ1v) is 6.01. The van der Waals surface area contributed by atoms with Crippen molar-refractivity contribution in [1.29, 1.82) is 0 Å². The van der Waals surface area contributed by atoms with Crippen LogP contribution in [-0.4, -0.2) is 25.2 Å². The number of carbonyl (C=O) groups is 1. The van der Waals surface area contributed by atoms with E-state index in [0.717, 1.165) is 25.3 Å². The number of amides is 1. The summed E-state index contributed by atoms with van der Waals surface area (Å²) in [5.74, 6) is -0.393. The molecule has 1 saturated heterocycles. The van der Waals surface area contributed by atoms with Gasteiger partial charge >= 0.3 is 0 Å². The van der Waals surface area contributed by atoms with E-state index in [-0.39, 0.29) is 0 Å². The van der Waals surface area contributed by atoms with Crippen LogP contribution in [0.25, 0.3) is 0 Å². The minimum absolute atomic E-state index is 0.393. The Bertz CT molecular complexity index is 370. The number of hydrogen-bond acceptors (Lipinski definition) is 3. The van der Waals surface area contributed by atoms with Gasteiger partial charge in [0.05, 0.1) is 6.10 Å². The smallest absolute Gasteiger partial charge is 0.248 e.